The lowest BCUT2D eigenvalue weighted by Crippen LogP contribution is -2.11. The van der Waals surface area contributed by atoms with Gasteiger partial charge in [-0.2, -0.15) is 0 Å². The van der Waals surface area contributed by atoms with E-state index in [0.717, 1.165) is 31.5 Å². The van der Waals surface area contributed by atoms with Gasteiger partial charge in [0.05, 0.1) is 14.2 Å². The van der Waals surface area contributed by atoms with Crippen LogP contribution < -0.4 is 14.8 Å². The van der Waals surface area contributed by atoms with Crippen molar-refractivity contribution in [1.29, 1.82) is 0 Å². The zero-order valence-corrected chi connectivity index (χ0v) is 10.3. The molecule has 1 fully saturated rings. The van der Waals surface area contributed by atoms with E-state index in [1.807, 2.05) is 0 Å². The lowest BCUT2D eigenvalue weighted by molar-refractivity contribution is 0.347. The van der Waals surface area contributed by atoms with Gasteiger partial charge < -0.3 is 14.8 Å². The Bertz CT molecular complexity index is 389. The number of nitrogens with one attached hydrogen (secondary N) is 1. The Morgan fingerprint density at radius 1 is 1.35 bits per heavy atom. The van der Waals surface area contributed by atoms with Gasteiger partial charge in [-0.3, -0.25) is 0 Å². The van der Waals surface area contributed by atoms with Crippen LogP contribution >= 0.6 is 0 Å². The van der Waals surface area contributed by atoms with Crippen molar-refractivity contribution < 1.29 is 13.9 Å². The largest absolute Gasteiger partial charge is 0.493 e. The average Bonchev–Trinajstić information content (AvgIpc) is 2.81. The van der Waals surface area contributed by atoms with Crippen LogP contribution in [-0.2, 0) is 6.42 Å². The summed E-state index contributed by atoms with van der Waals surface area (Å²) in [7, 11) is 3.12. The Labute approximate surface area is 101 Å². The van der Waals surface area contributed by atoms with Crippen molar-refractivity contribution in [3.63, 3.8) is 0 Å². The summed E-state index contributed by atoms with van der Waals surface area (Å²) < 4.78 is 23.9. The molecule has 0 amide bonds. The van der Waals surface area contributed by atoms with Gasteiger partial charge >= 0.3 is 0 Å². The normalized spacial score (nSPS) is 19.4. The van der Waals surface area contributed by atoms with E-state index < -0.39 is 0 Å². The van der Waals surface area contributed by atoms with Crippen molar-refractivity contribution in [2.75, 3.05) is 27.3 Å². The zero-order chi connectivity index (χ0) is 12.3. The highest BCUT2D eigenvalue weighted by Gasteiger charge is 2.19. The van der Waals surface area contributed by atoms with Crippen molar-refractivity contribution >= 4 is 0 Å². The fourth-order valence-corrected chi connectivity index (χ4v) is 2.36. The van der Waals surface area contributed by atoms with Crippen LogP contribution in [0.5, 0.6) is 11.5 Å². The second kappa shape index (κ2) is 5.36. The number of halogens is 1. The molecule has 1 N–H and O–H groups in total. The molecule has 1 aromatic carbocycles. The molecule has 17 heavy (non-hydrogen) atoms. The van der Waals surface area contributed by atoms with Gasteiger partial charge in [0.2, 0.25) is 0 Å². The molecule has 2 rings (SSSR count). The molecule has 4 heteroatoms. The Hall–Kier alpha value is -1.29. The molecule has 1 unspecified atom stereocenters. The van der Waals surface area contributed by atoms with Crippen molar-refractivity contribution in [2.45, 2.75) is 12.8 Å². The first kappa shape index (κ1) is 12.2. The molecular formula is C13H18FNO2. The Balaban J connectivity index is 2.26. The Morgan fingerprint density at radius 2 is 2.18 bits per heavy atom. The highest BCUT2D eigenvalue weighted by molar-refractivity contribution is 5.47. The SMILES string of the molecule is COc1cc(F)cc(CC2CCNC2)c1OC. The molecule has 1 saturated heterocycles. The number of methoxy groups -OCH3 is 2. The molecule has 0 saturated carbocycles. The summed E-state index contributed by atoms with van der Waals surface area (Å²) in [6, 6.07) is 2.90. The number of benzene rings is 1. The summed E-state index contributed by atoms with van der Waals surface area (Å²) in [5, 5.41) is 3.31. The monoisotopic (exact) mass is 239 g/mol. The first-order valence-corrected chi connectivity index (χ1v) is 5.85. The maximum atomic E-state index is 13.5. The first-order chi connectivity index (χ1) is 8.24. The van der Waals surface area contributed by atoms with Gasteiger partial charge in [0.15, 0.2) is 11.5 Å². The van der Waals surface area contributed by atoms with Gasteiger partial charge in [0.1, 0.15) is 5.82 Å². The molecule has 0 aliphatic carbocycles. The Morgan fingerprint density at radius 3 is 2.76 bits per heavy atom. The molecule has 1 aliphatic heterocycles. The van der Waals surface area contributed by atoms with Crippen molar-refractivity contribution in [3.8, 4) is 11.5 Å². The summed E-state index contributed by atoms with van der Waals surface area (Å²) in [4.78, 5) is 0. The highest BCUT2D eigenvalue weighted by Crippen LogP contribution is 2.34. The maximum absolute atomic E-state index is 13.5. The number of ether oxygens (including phenoxy) is 2. The van der Waals surface area contributed by atoms with Crippen molar-refractivity contribution in [2.24, 2.45) is 5.92 Å². The molecular weight excluding hydrogens is 221 g/mol. The van der Waals surface area contributed by atoms with Crippen LogP contribution in [0.2, 0.25) is 0 Å². The van der Waals surface area contributed by atoms with Gasteiger partial charge in [-0.05, 0) is 37.9 Å². The summed E-state index contributed by atoms with van der Waals surface area (Å²) in [6.45, 7) is 2.03. The second-order valence-corrected chi connectivity index (χ2v) is 4.36. The standard InChI is InChI=1S/C13H18FNO2/c1-16-12-7-11(14)6-10(13(12)17-2)5-9-3-4-15-8-9/h6-7,9,15H,3-5,8H2,1-2H3. The van der Waals surface area contributed by atoms with E-state index in [1.165, 1.54) is 13.2 Å². The van der Waals surface area contributed by atoms with Gasteiger partial charge in [0.25, 0.3) is 0 Å². The number of hydrogen-bond acceptors (Lipinski definition) is 3. The number of rotatable bonds is 4. The third-order valence-corrected chi connectivity index (χ3v) is 3.19. The smallest absolute Gasteiger partial charge is 0.164 e. The maximum Gasteiger partial charge on any atom is 0.164 e. The summed E-state index contributed by atoms with van der Waals surface area (Å²) >= 11 is 0. The minimum Gasteiger partial charge on any atom is -0.493 e. The fraction of sp³-hybridized carbons (Fsp3) is 0.538. The fourth-order valence-electron chi connectivity index (χ4n) is 2.36. The van der Waals surface area contributed by atoms with E-state index in [0.29, 0.717) is 17.4 Å². The molecule has 0 radical (unpaired) electrons. The molecule has 0 aromatic heterocycles. The topological polar surface area (TPSA) is 30.5 Å². The molecule has 1 aliphatic rings. The van der Waals surface area contributed by atoms with Crippen LogP contribution in [0, 0.1) is 11.7 Å². The minimum atomic E-state index is -0.274. The zero-order valence-electron chi connectivity index (χ0n) is 10.3. The Kier molecular flexibility index (Phi) is 3.84. The molecule has 0 bridgehead atoms. The van der Waals surface area contributed by atoms with E-state index >= 15 is 0 Å². The van der Waals surface area contributed by atoms with Gasteiger partial charge in [-0.25, -0.2) is 4.39 Å². The summed E-state index contributed by atoms with van der Waals surface area (Å²) in [5.74, 6) is 1.40. The van der Waals surface area contributed by atoms with E-state index in [-0.39, 0.29) is 5.82 Å². The van der Waals surface area contributed by atoms with Crippen LogP contribution in [0.1, 0.15) is 12.0 Å². The molecule has 1 heterocycles. The quantitative estimate of drug-likeness (QED) is 0.871. The second-order valence-electron chi connectivity index (χ2n) is 4.36. The van der Waals surface area contributed by atoms with E-state index in [9.17, 15) is 4.39 Å². The minimum absolute atomic E-state index is 0.274. The average molecular weight is 239 g/mol. The first-order valence-electron chi connectivity index (χ1n) is 5.85. The van der Waals surface area contributed by atoms with Gasteiger partial charge in [-0.1, -0.05) is 0 Å². The molecule has 1 atom stereocenters. The lowest BCUT2D eigenvalue weighted by atomic mass is 9.97. The predicted octanol–water partition coefficient (Wildman–Crippen LogP) is 1.99. The van der Waals surface area contributed by atoms with E-state index in [2.05, 4.69) is 5.32 Å². The van der Waals surface area contributed by atoms with Crippen LogP contribution in [0.3, 0.4) is 0 Å². The van der Waals surface area contributed by atoms with Crippen LogP contribution in [0.25, 0.3) is 0 Å². The van der Waals surface area contributed by atoms with Gasteiger partial charge in [-0.15, -0.1) is 0 Å². The van der Waals surface area contributed by atoms with Crippen molar-refractivity contribution in [1.82, 2.24) is 5.32 Å². The van der Waals surface area contributed by atoms with E-state index in [1.54, 1.807) is 13.2 Å². The molecule has 0 spiro atoms. The summed E-state index contributed by atoms with van der Waals surface area (Å²) in [5.41, 5.74) is 0.887. The summed E-state index contributed by atoms with van der Waals surface area (Å²) in [6.07, 6.45) is 1.95. The van der Waals surface area contributed by atoms with Crippen molar-refractivity contribution in [3.05, 3.63) is 23.5 Å². The number of hydrogen-bond donors (Lipinski definition) is 1. The van der Waals surface area contributed by atoms with Gasteiger partial charge in [0, 0.05) is 11.6 Å². The molecule has 94 valence electrons. The highest BCUT2D eigenvalue weighted by atomic mass is 19.1. The third kappa shape index (κ3) is 2.69. The molecule has 3 nitrogen and oxygen atoms in total. The van der Waals surface area contributed by atoms with Crippen LogP contribution in [0.4, 0.5) is 4.39 Å². The third-order valence-electron chi connectivity index (χ3n) is 3.19. The van der Waals surface area contributed by atoms with Crippen LogP contribution in [0.15, 0.2) is 12.1 Å². The predicted molar refractivity (Wildman–Crippen MR) is 64.2 cm³/mol. The van der Waals surface area contributed by atoms with Crippen LogP contribution in [-0.4, -0.2) is 27.3 Å². The molecule has 1 aromatic rings. The lowest BCUT2D eigenvalue weighted by Gasteiger charge is -2.15. The van der Waals surface area contributed by atoms with E-state index in [4.69, 9.17) is 9.47 Å².